The number of amides is 1. The first kappa shape index (κ1) is 20.8. The Morgan fingerprint density at radius 1 is 1.07 bits per heavy atom. The van der Waals surface area contributed by atoms with Crippen molar-refractivity contribution < 1.29 is 13.9 Å². The molecule has 0 aromatic heterocycles. The number of aryl methyl sites for hydroxylation is 1. The fourth-order valence-corrected chi connectivity index (χ4v) is 2.92. The van der Waals surface area contributed by atoms with E-state index >= 15 is 0 Å². The van der Waals surface area contributed by atoms with Gasteiger partial charge in [0.15, 0.2) is 0 Å². The molecule has 3 aromatic carbocycles. The molecule has 3 rings (SSSR count). The summed E-state index contributed by atoms with van der Waals surface area (Å²) in [7, 11) is 0. The van der Waals surface area contributed by atoms with E-state index in [1.54, 1.807) is 36.4 Å². The topological polar surface area (TPSA) is 62.1 Å². The normalized spacial score (nSPS) is 10.9. The number of para-hydroxylation sites is 2. The van der Waals surface area contributed by atoms with Gasteiger partial charge in [0.05, 0.1) is 0 Å². The summed E-state index contributed by atoms with van der Waals surface area (Å²) in [5, 5.41) is 12.3. The highest BCUT2D eigenvalue weighted by Crippen LogP contribution is 2.23. The highest BCUT2D eigenvalue weighted by Gasteiger charge is 2.13. The van der Waals surface area contributed by atoms with Gasteiger partial charge in [-0.05, 0) is 47.9 Å². The number of hydrogen-bond acceptors (Lipinski definition) is 3. The van der Waals surface area contributed by atoms with Gasteiger partial charge in [0.1, 0.15) is 29.8 Å². The number of rotatable bonds is 7. The summed E-state index contributed by atoms with van der Waals surface area (Å²) < 4.78 is 18.9. The molecule has 0 aliphatic heterocycles. The van der Waals surface area contributed by atoms with Gasteiger partial charge < -0.3 is 10.1 Å². The third kappa shape index (κ3) is 5.33. The first-order chi connectivity index (χ1) is 14.6. The molecule has 30 heavy (non-hydrogen) atoms. The Balaban J connectivity index is 1.79. The van der Waals surface area contributed by atoms with Crippen molar-refractivity contribution in [3.05, 3.63) is 101 Å². The Morgan fingerprint density at radius 3 is 2.50 bits per heavy atom. The van der Waals surface area contributed by atoms with Crippen LogP contribution in [-0.4, -0.2) is 5.91 Å². The fourth-order valence-electron chi connectivity index (χ4n) is 2.92. The summed E-state index contributed by atoms with van der Waals surface area (Å²) >= 11 is 0. The van der Waals surface area contributed by atoms with E-state index < -0.39 is 5.91 Å². The SMILES string of the molecule is CCc1ccccc1NC(=O)/C(C#N)=C/c1ccccc1OCc1ccc(F)cc1. The van der Waals surface area contributed by atoms with Crippen LogP contribution in [0.15, 0.2) is 78.4 Å². The average Bonchev–Trinajstić information content (AvgIpc) is 2.78. The van der Waals surface area contributed by atoms with Crippen molar-refractivity contribution in [2.75, 3.05) is 5.32 Å². The molecule has 150 valence electrons. The summed E-state index contributed by atoms with van der Waals surface area (Å²) in [6.07, 6.45) is 2.27. The molecule has 0 bridgehead atoms. The number of carbonyl (C=O) groups is 1. The zero-order chi connectivity index (χ0) is 21.3. The summed E-state index contributed by atoms with van der Waals surface area (Å²) in [6.45, 7) is 2.24. The van der Waals surface area contributed by atoms with Crippen LogP contribution in [-0.2, 0) is 17.8 Å². The minimum atomic E-state index is -0.480. The summed E-state index contributed by atoms with van der Waals surface area (Å²) in [4.78, 5) is 12.7. The van der Waals surface area contributed by atoms with Crippen molar-refractivity contribution in [1.82, 2.24) is 0 Å². The Labute approximate surface area is 175 Å². The quantitative estimate of drug-likeness (QED) is 0.420. The molecule has 3 aromatic rings. The molecule has 4 nitrogen and oxygen atoms in total. The molecule has 1 amide bonds. The number of nitrogens with one attached hydrogen (secondary N) is 1. The number of carbonyl (C=O) groups excluding carboxylic acids is 1. The molecule has 0 saturated heterocycles. The molecule has 0 aliphatic rings. The zero-order valence-corrected chi connectivity index (χ0v) is 16.6. The lowest BCUT2D eigenvalue weighted by Crippen LogP contribution is -2.14. The predicted molar refractivity (Wildman–Crippen MR) is 115 cm³/mol. The number of hydrogen-bond donors (Lipinski definition) is 1. The third-order valence-electron chi connectivity index (χ3n) is 4.54. The Kier molecular flexibility index (Phi) is 6.96. The maximum absolute atomic E-state index is 13.1. The van der Waals surface area contributed by atoms with E-state index in [1.165, 1.54) is 18.2 Å². The van der Waals surface area contributed by atoms with Crippen molar-refractivity contribution in [1.29, 1.82) is 5.26 Å². The predicted octanol–water partition coefficient (Wildman–Crippen LogP) is 5.51. The minimum Gasteiger partial charge on any atom is -0.488 e. The molecule has 0 aliphatic carbocycles. The third-order valence-corrected chi connectivity index (χ3v) is 4.54. The molecule has 0 radical (unpaired) electrons. The fraction of sp³-hybridized carbons (Fsp3) is 0.120. The molecule has 5 heteroatoms. The molecule has 0 unspecified atom stereocenters. The van der Waals surface area contributed by atoms with Crippen LogP contribution in [0, 0.1) is 17.1 Å². The van der Waals surface area contributed by atoms with Crippen molar-refractivity contribution in [2.45, 2.75) is 20.0 Å². The summed E-state index contributed by atoms with van der Waals surface area (Å²) in [5.74, 6) is -0.264. The molecular formula is C25H21FN2O2. The maximum atomic E-state index is 13.1. The Hall–Kier alpha value is -3.91. The van der Waals surface area contributed by atoms with E-state index in [0.717, 1.165) is 17.5 Å². The van der Waals surface area contributed by atoms with Crippen LogP contribution in [0.3, 0.4) is 0 Å². The number of halogens is 1. The standard InChI is InChI=1S/C25H21FN2O2/c1-2-19-7-3-5-9-23(19)28-25(29)21(16-27)15-20-8-4-6-10-24(20)30-17-18-11-13-22(26)14-12-18/h3-15H,2,17H2,1H3,(H,28,29)/b21-15+. The summed E-state index contributed by atoms with van der Waals surface area (Å²) in [5.41, 5.74) is 3.07. The molecule has 1 N–H and O–H groups in total. The molecule has 0 saturated carbocycles. The van der Waals surface area contributed by atoms with E-state index in [2.05, 4.69) is 5.32 Å². The lowest BCUT2D eigenvalue weighted by Gasteiger charge is -2.11. The van der Waals surface area contributed by atoms with E-state index in [9.17, 15) is 14.4 Å². The largest absolute Gasteiger partial charge is 0.488 e. The van der Waals surface area contributed by atoms with Crippen LogP contribution in [0.5, 0.6) is 5.75 Å². The van der Waals surface area contributed by atoms with Gasteiger partial charge in [-0.25, -0.2) is 4.39 Å². The Morgan fingerprint density at radius 2 is 1.77 bits per heavy atom. The molecule has 0 heterocycles. The second kappa shape index (κ2) is 10.0. The van der Waals surface area contributed by atoms with Crippen molar-refractivity contribution >= 4 is 17.7 Å². The van der Waals surface area contributed by atoms with Crippen molar-refractivity contribution in [3.63, 3.8) is 0 Å². The first-order valence-corrected chi connectivity index (χ1v) is 9.58. The van der Waals surface area contributed by atoms with E-state index in [0.29, 0.717) is 17.0 Å². The maximum Gasteiger partial charge on any atom is 0.266 e. The van der Waals surface area contributed by atoms with Gasteiger partial charge in [-0.3, -0.25) is 4.79 Å². The highest BCUT2D eigenvalue weighted by atomic mass is 19.1. The van der Waals surface area contributed by atoms with Crippen LogP contribution < -0.4 is 10.1 Å². The lowest BCUT2D eigenvalue weighted by atomic mass is 10.1. The van der Waals surface area contributed by atoms with E-state index in [-0.39, 0.29) is 18.0 Å². The van der Waals surface area contributed by atoms with E-state index in [1.807, 2.05) is 37.3 Å². The molecule has 0 spiro atoms. The van der Waals surface area contributed by atoms with Gasteiger partial charge in [-0.2, -0.15) is 5.26 Å². The van der Waals surface area contributed by atoms with Crippen LogP contribution >= 0.6 is 0 Å². The lowest BCUT2D eigenvalue weighted by molar-refractivity contribution is -0.112. The summed E-state index contributed by atoms with van der Waals surface area (Å²) in [6, 6.07) is 22.6. The van der Waals surface area contributed by atoms with Gasteiger partial charge in [-0.1, -0.05) is 55.5 Å². The highest BCUT2D eigenvalue weighted by molar-refractivity contribution is 6.10. The number of nitriles is 1. The number of ether oxygens (including phenoxy) is 1. The number of nitrogens with zero attached hydrogens (tertiary/aromatic N) is 1. The van der Waals surface area contributed by atoms with Gasteiger partial charge in [0.2, 0.25) is 0 Å². The number of anilines is 1. The number of benzene rings is 3. The average molecular weight is 400 g/mol. The van der Waals surface area contributed by atoms with Gasteiger partial charge >= 0.3 is 0 Å². The van der Waals surface area contributed by atoms with Crippen LogP contribution in [0.25, 0.3) is 6.08 Å². The van der Waals surface area contributed by atoms with Crippen LogP contribution in [0.4, 0.5) is 10.1 Å². The Bertz CT molecular complexity index is 1100. The molecule has 0 atom stereocenters. The molecule has 0 fully saturated rings. The monoisotopic (exact) mass is 400 g/mol. The zero-order valence-electron chi connectivity index (χ0n) is 16.6. The second-order valence-electron chi connectivity index (χ2n) is 6.59. The van der Waals surface area contributed by atoms with Gasteiger partial charge in [-0.15, -0.1) is 0 Å². The first-order valence-electron chi connectivity index (χ1n) is 9.58. The van der Waals surface area contributed by atoms with Crippen LogP contribution in [0.1, 0.15) is 23.6 Å². The van der Waals surface area contributed by atoms with E-state index in [4.69, 9.17) is 4.74 Å². The second-order valence-corrected chi connectivity index (χ2v) is 6.59. The molecular weight excluding hydrogens is 379 g/mol. The van der Waals surface area contributed by atoms with Crippen molar-refractivity contribution in [3.8, 4) is 11.8 Å². The van der Waals surface area contributed by atoms with Gasteiger partial charge in [0, 0.05) is 11.3 Å². The van der Waals surface area contributed by atoms with Crippen molar-refractivity contribution in [2.24, 2.45) is 0 Å². The minimum absolute atomic E-state index is 0.0289. The smallest absolute Gasteiger partial charge is 0.266 e. The van der Waals surface area contributed by atoms with Gasteiger partial charge in [0.25, 0.3) is 5.91 Å². The van der Waals surface area contributed by atoms with Crippen LogP contribution in [0.2, 0.25) is 0 Å².